The van der Waals surface area contributed by atoms with Crippen LogP contribution in [0.2, 0.25) is 0 Å². The Balaban J connectivity index is 1.57. The zero-order chi connectivity index (χ0) is 16.5. The number of aromatic nitrogens is 4. The lowest BCUT2D eigenvalue weighted by Gasteiger charge is -2.02. The van der Waals surface area contributed by atoms with Crippen molar-refractivity contribution in [2.24, 2.45) is 0 Å². The van der Waals surface area contributed by atoms with Crippen LogP contribution in [-0.4, -0.2) is 25.7 Å². The third kappa shape index (κ3) is 2.70. The fourth-order valence-electron chi connectivity index (χ4n) is 2.29. The topological polar surface area (TPSA) is 88.7 Å². The first-order valence-corrected chi connectivity index (χ1v) is 7.50. The van der Waals surface area contributed by atoms with E-state index in [2.05, 4.69) is 20.4 Å². The molecule has 3 aromatic heterocycles. The van der Waals surface area contributed by atoms with Gasteiger partial charge in [0.25, 0.3) is 10.7 Å². The van der Waals surface area contributed by atoms with Crippen LogP contribution in [0.4, 0.5) is 5.69 Å². The number of aromatic amines is 1. The van der Waals surface area contributed by atoms with E-state index in [1.807, 2.05) is 18.2 Å². The Hall–Kier alpha value is -3.26. The third-order valence-electron chi connectivity index (χ3n) is 3.41. The summed E-state index contributed by atoms with van der Waals surface area (Å²) in [6.07, 6.45) is 4.94. The molecule has 0 saturated heterocycles. The fraction of sp³-hybridized carbons (Fsp3) is 0. The molecule has 2 N–H and O–H groups in total. The quantitative estimate of drug-likeness (QED) is 0.560. The predicted molar refractivity (Wildman–Crippen MR) is 90.7 cm³/mol. The molecular formula is C16H11N5O2S. The summed E-state index contributed by atoms with van der Waals surface area (Å²) < 4.78 is 6.91. The summed E-state index contributed by atoms with van der Waals surface area (Å²) >= 11 is 4.94. The van der Waals surface area contributed by atoms with Gasteiger partial charge < -0.3 is 14.7 Å². The number of carbonyl (C=O) groups excluding carboxylic acids is 1. The molecule has 0 fully saturated rings. The lowest BCUT2D eigenvalue weighted by Crippen LogP contribution is -2.11. The van der Waals surface area contributed by atoms with Crippen LogP contribution in [0.25, 0.3) is 16.9 Å². The second kappa shape index (κ2) is 5.74. The Morgan fingerprint density at radius 3 is 3.04 bits per heavy atom. The molecule has 0 radical (unpaired) electrons. The van der Waals surface area contributed by atoms with Gasteiger partial charge in [-0.15, -0.1) is 0 Å². The highest BCUT2D eigenvalue weighted by Crippen LogP contribution is 2.17. The summed E-state index contributed by atoms with van der Waals surface area (Å²) in [4.78, 5) is 19.7. The highest BCUT2D eigenvalue weighted by atomic mass is 32.1. The summed E-state index contributed by atoms with van der Waals surface area (Å²) in [5, 5.41) is 6.98. The number of hydrogen-bond donors (Lipinski definition) is 2. The van der Waals surface area contributed by atoms with Crippen molar-refractivity contribution in [1.29, 1.82) is 0 Å². The van der Waals surface area contributed by atoms with Crippen molar-refractivity contribution in [2.45, 2.75) is 0 Å². The monoisotopic (exact) mass is 337 g/mol. The summed E-state index contributed by atoms with van der Waals surface area (Å²) in [7, 11) is 0. The second-order valence-corrected chi connectivity index (χ2v) is 5.41. The molecule has 24 heavy (non-hydrogen) atoms. The highest BCUT2D eigenvalue weighted by molar-refractivity contribution is 7.71. The highest BCUT2D eigenvalue weighted by Gasteiger charge is 2.10. The maximum atomic E-state index is 12.4. The van der Waals surface area contributed by atoms with Gasteiger partial charge in [-0.25, -0.2) is 9.67 Å². The molecule has 0 aliphatic heterocycles. The number of nitrogens with zero attached hydrogens (tertiary/aromatic N) is 3. The number of pyridine rings is 1. The largest absolute Gasteiger partial charge is 0.429 e. The Bertz CT molecular complexity index is 1080. The van der Waals surface area contributed by atoms with Crippen molar-refractivity contribution in [2.75, 3.05) is 5.32 Å². The van der Waals surface area contributed by atoms with Gasteiger partial charge in [-0.05, 0) is 42.5 Å². The molecule has 8 heteroatoms. The average Bonchev–Trinajstić information content (AvgIpc) is 3.20. The molecule has 0 spiro atoms. The summed E-state index contributed by atoms with van der Waals surface area (Å²) in [5.74, 6) is 0.406. The van der Waals surface area contributed by atoms with Crippen molar-refractivity contribution in [1.82, 2.24) is 19.7 Å². The molecule has 3 heterocycles. The lowest BCUT2D eigenvalue weighted by molar-refractivity contribution is 0.102. The van der Waals surface area contributed by atoms with Crippen molar-refractivity contribution in [3.8, 4) is 5.82 Å². The van der Waals surface area contributed by atoms with E-state index >= 15 is 0 Å². The molecule has 4 rings (SSSR count). The van der Waals surface area contributed by atoms with Crippen molar-refractivity contribution >= 4 is 34.9 Å². The SMILES string of the molecule is O=C(Nc1cnn(-c2ccccn2)c1)c1ccc2[nH]c(=S)oc2c1. The first kappa shape index (κ1) is 14.3. The van der Waals surface area contributed by atoms with E-state index in [1.54, 1.807) is 41.5 Å². The number of nitrogens with one attached hydrogen (secondary N) is 2. The number of benzene rings is 1. The first-order chi connectivity index (χ1) is 11.7. The summed E-state index contributed by atoms with van der Waals surface area (Å²) in [5.41, 5.74) is 2.32. The van der Waals surface area contributed by atoms with Crippen LogP contribution < -0.4 is 5.32 Å². The maximum absolute atomic E-state index is 12.4. The number of hydrogen-bond acceptors (Lipinski definition) is 5. The van der Waals surface area contributed by atoms with Crippen LogP contribution in [0.3, 0.4) is 0 Å². The van der Waals surface area contributed by atoms with Crippen LogP contribution in [0.15, 0.2) is 59.4 Å². The molecule has 0 aliphatic carbocycles. The Morgan fingerprint density at radius 1 is 1.29 bits per heavy atom. The molecule has 0 saturated carbocycles. The number of oxazole rings is 1. The van der Waals surface area contributed by atoms with Gasteiger partial charge in [-0.2, -0.15) is 5.10 Å². The van der Waals surface area contributed by atoms with Gasteiger partial charge in [0.15, 0.2) is 11.4 Å². The van der Waals surface area contributed by atoms with Gasteiger partial charge in [-0.3, -0.25) is 4.79 Å². The van der Waals surface area contributed by atoms with Crippen LogP contribution in [0.1, 0.15) is 10.4 Å². The molecule has 118 valence electrons. The predicted octanol–water partition coefficient (Wildman–Crippen LogP) is 3.32. The fourth-order valence-corrected chi connectivity index (χ4v) is 2.49. The lowest BCUT2D eigenvalue weighted by atomic mass is 10.2. The van der Waals surface area contributed by atoms with E-state index in [-0.39, 0.29) is 10.7 Å². The van der Waals surface area contributed by atoms with Gasteiger partial charge >= 0.3 is 0 Å². The second-order valence-electron chi connectivity index (χ2n) is 5.04. The van der Waals surface area contributed by atoms with E-state index in [9.17, 15) is 4.79 Å². The van der Waals surface area contributed by atoms with Crippen LogP contribution in [-0.2, 0) is 0 Å². The number of amides is 1. The molecular weight excluding hydrogens is 326 g/mol. The summed E-state index contributed by atoms with van der Waals surface area (Å²) in [6, 6.07) is 10.6. The van der Waals surface area contributed by atoms with Crippen molar-refractivity contribution in [3.63, 3.8) is 0 Å². The van der Waals surface area contributed by atoms with Gasteiger partial charge in [0, 0.05) is 11.8 Å². The van der Waals surface area contributed by atoms with E-state index in [0.29, 0.717) is 22.7 Å². The molecule has 0 bridgehead atoms. The van der Waals surface area contributed by atoms with Gasteiger partial charge in [0.2, 0.25) is 0 Å². The maximum Gasteiger partial charge on any atom is 0.266 e. The van der Waals surface area contributed by atoms with E-state index in [4.69, 9.17) is 16.6 Å². The Kier molecular flexibility index (Phi) is 3.43. The molecule has 0 aliphatic rings. The molecule has 7 nitrogen and oxygen atoms in total. The average molecular weight is 337 g/mol. The minimum atomic E-state index is -0.264. The minimum absolute atomic E-state index is 0.264. The van der Waals surface area contributed by atoms with Gasteiger partial charge in [0.1, 0.15) is 0 Å². The minimum Gasteiger partial charge on any atom is -0.429 e. The standard InChI is InChI=1S/C16H11N5O2S/c22-15(10-4-5-12-13(7-10)23-16(24)20-12)19-11-8-18-21(9-11)14-3-1-2-6-17-14/h1-9H,(H,19,22)(H,20,24). The normalized spacial score (nSPS) is 10.8. The van der Waals surface area contributed by atoms with Crippen molar-refractivity contribution in [3.05, 3.63) is 65.4 Å². The van der Waals surface area contributed by atoms with Gasteiger partial charge in [-0.1, -0.05) is 6.07 Å². The van der Waals surface area contributed by atoms with Crippen molar-refractivity contribution < 1.29 is 9.21 Å². The number of rotatable bonds is 3. The molecule has 1 amide bonds. The van der Waals surface area contributed by atoms with Crippen LogP contribution >= 0.6 is 12.2 Å². The Morgan fingerprint density at radius 2 is 2.21 bits per heavy atom. The van der Waals surface area contributed by atoms with E-state index in [0.717, 1.165) is 5.52 Å². The van der Waals surface area contributed by atoms with E-state index in [1.165, 1.54) is 0 Å². The van der Waals surface area contributed by atoms with Crippen LogP contribution in [0.5, 0.6) is 0 Å². The van der Waals surface area contributed by atoms with Crippen LogP contribution in [0, 0.1) is 4.84 Å². The summed E-state index contributed by atoms with van der Waals surface area (Å²) in [6.45, 7) is 0. The third-order valence-corrected chi connectivity index (χ3v) is 3.59. The Labute approximate surface area is 141 Å². The van der Waals surface area contributed by atoms with E-state index < -0.39 is 0 Å². The molecule has 4 aromatic rings. The molecule has 0 atom stereocenters. The number of fused-ring (bicyclic) bond motifs is 1. The zero-order valence-corrected chi connectivity index (χ0v) is 13.1. The molecule has 0 unspecified atom stereocenters. The first-order valence-electron chi connectivity index (χ1n) is 7.09. The number of anilines is 1. The van der Waals surface area contributed by atoms with Gasteiger partial charge in [0.05, 0.1) is 23.6 Å². The number of H-pyrrole nitrogens is 1. The zero-order valence-electron chi connectivity index (χ0n) is 12.3. The molecule has 1 aromatic carbocycles. The smallest absolute Gasteiger partial charge is 0.266 e. The number of carbonyl (C=O) groups is 1.